The summed E-state index contributed by atoms with van der Waals surface area (Å²) in [6, 6.07) is 2.35. The van der Waals surface area contributed by atoms with E-state index in [1.54, 1.807) is 13.2 Å². The monoisotopic (exact) mass is 491 g/mol. The maximum Gasteiger partial charge on any atom is 0.419 e. The molecule has 1 fully saturated rings. The van der Waals surface area contributed by atoms with Crippen molar-refractivity contribution in [2.24, 2.45) is 13.0 Å². The smallest absolute Gasteiger partial charge is 0.341 e. The molecule has 0 radical (unpaired) electrons. The molecule has 0 spiro atoms. The maximum absolute atomic E-state index is 14.9. The number of halogens is 5. The van der Waals surface area contributed by atoms with E-state index in [0.29, 0.717) is 23.6 Å². The normalized spacial score (nSPS) is 15.3. The molecule has 7 nitrogen and oxygen atoms in total. The largest absolute Gasteiger partial charge is 0.419 e. The minimum Gasteiger partial charge on any atom is -0.341 e. The Bertz CT molecular complexity index is 1370. The Morgan fingerprint density at radius 3 is 2.51 bits per heavy atom. The number of anilines is 1. The molecular weight excluding hydrogens is 469 g/mol. The SMILES string of the molecule is Cc1c(F)c(-c2nn(C)c3nc(N4CCC(Cn5cccn5)CC4)ncc23)cc(C(F)(F)F)c1F. The number of piperidine rings is 1. The van der Waals surface area contributed by atoms with Crippen LogP contribution in [0.1, 0.15) is 24.0 Å². The number of benzene rings is 1. The Labute approximate surface area is 197 Å². The molecule has 0 atom stereocenters. The summed E-state index contributed by atoms with van der Waals surface area (Å²) in [5.74, 6) is -1.78. The van der Waals surface area contributed by atoms with Gasteiger partial charge in [-0.25, -0.2) is 18.4 Å². The van der Waals surface area contributed by atoms with Gasteiger partial charge in [-0.2, -0.15) is 28.4 Å². The molecule has 5 rings (SSSR count). The number of alkyl halides is 3. The van der Waals surface area contributed by atoms with Gasteiger partial charge in [-0.05, 0) is 37.8 Å². The molecule has 1 aromatic carbocycles. The lowest BCUT2D eigenvalue weighted by molar-refractivity contribution is -0.140. The van der Waals surface area contributed by atoms with Gasteiger partial charge in [0.15, 0.2) is 5.65 Å². The molecule has 12 heteroatoms. The van der Waals surface area contributed by atoms with Crippen molar-refractivity contribution in [2.45, 2.75) is 32.5 Å². The van der Waals surface area contributed by atoms with Crippen LogP contribution < -0.4 is 4.90 Å². The fraction of sp³-hybridized carbons (Fsp3) is 0.391. The third kappa shape index (κ3) is 4.21. The molecule has 0 bridgehead atoms. The number of hydrogen-bond acceptors (Lipinski definition) is 5. The Morgan fingerprint density at radius 2 is 1.86 bits per heavy atom. The Kier molecular flexibility index (Phi) is 5.68. The van der Waals surface area contributed by atoms with Crippen LogP contribution in [0, 0.1) is 24.5 Å². The molecule has 0 amide bonds. The first-order valence-electron chi connectivity index (χ1n) is 11.1. The lowest BCUT2D eigenvalue weighted by Crippen LogP contribution is -2.36. The Morgan fingerprint density at radius 1 is 1.11 bits per heavy atom. The third-order valence-electron chi connectivity index (χ3n) is 6.45. The summed E-state index contributed by atoms with van der Waals surface area (Å²) in [7, 11) is 1.57. The molecule has 0 aliphatic carbocycles. The molecule has 3 aromatic heterocycles. The molecule has 0 N–H and O–H groups in total. The van der Waals surface area contributed by atoms with Crippen LogP contribution in [0.3, 0.4) is 0 Å². The molecule has 4 heterocycles. The van der Waals surface area contributed by atoms with Crippen LogP contribution in [0.2, 0.25) is 0 Å². The van der Waals surface area contributed by atoms with Gasteiger partial charge in [0.25, 0.3) is 0 Å². The van der Waals surface area contributed by atoms with Crippen LogP contribution in [0.25, 0.3) is 22.3 Å². The van der Waals surface area contributed by atoms with Crippen LogP contribution in [0.15, 0.2) is 30.7 Å². The summed E-state index contributed by atoms with van der Waals surface area (Å²) < 4.78 is 72.3. The van der Waals surface area contributed by atoms with Crippen LogP contribution in [-0.2, 0) is 19.8 Å². The van der Waals surface area contributed by atoms with Gasteiger partial charge < -0.3 is 4.90 Å². The number of nitrogens with zero attached hydrogens (tertiary/aromatic N) is 7. The Balaban J connectivity index is 1.45. The van der Waals surface area contributed by atoms with Crippen LogP contribution in [0.4, 0.5) is 27.9 Å². The van der Waals surface area contributed by atoms with Crippen molar-refractivity contribution in [1.82, 2.24) is 29.5 Å². The summed E-state index contributed by atoms with van der Waals surface area (Å²) in [6.45, 7) is 3.29. The minimum atomic E-state index is -4.98. The van der Waals surface area contributed by atoms with E-state index < -0.39 is 34.5 Å². The highest BCUT2D eigenvalue weighted by molar-refractivity contribution is 5.91. The predicted octanol–water partition coefficient (Wildman–Crippen LogP) is 4.75. The van der Waals surface area contributed by atoms with Gasteiger partial charge in [-0.15, -0.1) is 0 Å². The van der Waals surface area contributed by atoms with Gasteiger partial charge in [0, 0.05) is 56.4 Å². The van der Waals surface area contributed by atoms with Crippen molar-refractivity contribution >= 4 is 17.0 Å². The summed E-state index contributed by atoms with van der Waals surface area (Å²) in [6.07, 6.45) is 2.00. The van der Waals surface area contributed by atoms with Crippen molar-refractivity contribution in [2.75, 3.05) is 18.0 Å². The third-order valence-corrected chi connectivity index (χ3v) is 6.45. The first-order chi connectivity index (χ1) is 16.6. The minimum absolute atomic E-state index is 0.0712. The predicted molar refractivity (Wildman–Crippen MR) is 119 cm³/mol. The van der Waals surface area contributed by atoms with E-state index in [9.17, 15) is 22.0 Å². The van der Waals surface area contributed by atoms with E-state index in [2.05, 4.69) is 20.2 Å². The van der Waals surface area contributed by atoms with Crippen LogP contribution in [-0.4, -0.2) is 42.6 Å². The average Bonchev–Trinajstić information content (AvgIpc) is 3.45. The van der Waals surface area contributed by atoms with Crippen molar-refractivity contribution in [1.29, 1.82) is 0 Å². The van der Waals surface area contributed by atoms with E-state index in [1.807, 2.05) is 21.8 Å². The fourth-order valence-electron chi connectivity index (χ4n) is 4.52. The Hall–Kier alpha value is -3.57. The first kappa shape index (κ1) is 23.2. The zero-order valence-electron chi connectivity index (χ0n) is 19.0. The van der Waals surface area contributed by atoms with E-state index in [0.717, 1.165) is 39.4 Å². The lowest BCUT2D eigenvalue weighted by Gasteiger charge is -2.31. The highest BCUT2D eigenvalue weighted by Gasteiger charge is 2.37. The van der Waals surface area contributed by atoms with E-state index in [4.69, 9.17) is 0 Å². The fourth-order valence-corrected chi connectivity index (χ4v) is 4.52. The van der Waals surface area contributed by atoms with Gasteiger partial charge in [0.1, 0.15) is 17.3 Å². The summed E-state index contributed by atoms with van der Waals surface area (Å²) in [5, 5.41) is 8.74. The molecule has 1 saturated heterocycles. The standard InChI is InChI=1S/C23H22F5N7/c1-13-18(24)15(10-17(19(13)25)23(26,27)28)20-16-11-29-22(31-21(16)33(2)32-20)34-8-4-14(5-9-34)12-35-7-3-6-30-35/h3,6-7,10-11,14H,4-5,8-9,12H2,1-2H3. The van der Waals surface area contributed by atoms with Gasteiger partial charge in [0.2, 0.25) is 5.95 Å². The number of aryl methyl sites for hydroxylation is 1. The summed E-state index contributed by atoms with van der Waals surface area (Å²) >= 11 is 0. The van der Waals surface area contributed by atoms with E-state index >= 15 is 0 Å². The van der Waals surface area contributed by atoms with Gasteiger partial charge in [-0.3, -0.25) is 4.68 Å². The average molecular weight is 491 g/mol. The van der Waals surface area contributed by atoms with Crippen LogP contribution in [0.5, 0.6) is 0 Å². The second-order valence-electron chi connectivity index (χ2n) is 8.76. The van der Waals surface area contributed by atoms with Gasteiger partial charge in [-0.1, -0.05) is 0 Å². The quantitative estimate of drug-likeness (QED) is 0.386. The summed E-state index contributed by atoms with van der Waals surface area (Å²) in [4.78, 5) is 11.0. The van der Waals surface area contributed by atoms with Crippen molar-refractivity contribution in [3.63, 3.8) is 0 Å². The molecule has 4 aromatic rings. The second-order valence-corrected chi connectivity index (χ2v) is 8.76. The molecule has 1 aliphatic rings. The lowest BCUT2D eigenvalue weighted by atomic mass is 9.97. The number of hydrogen-bond donors (Lipinski definition) is 0. The zero-order chi connectivity index (χ0) is 24.9. The van der Waals surface area contributed by atoms with Crippen molar-refractivity contribution < 1.29 is 22.0 Å². The van der Waals surface area contributed by atoms with Gasteiger partial charge >= 0.3 is 6.18 Å². The highest BCUT2D eigenvalue weighted by Crippen LogP contribution is 2.39. The molecule has 1 aliphatic heterocycles. The molecule has 0 saturated carbocycles. The molecular formula is C23H22F5N7. The van der Waals surface area contributed by atoms with E-state index in [1.165, 1.54) is 10.9 Å². The molecule has 184 valence electrons. The second kappa shape index (κ2) is 8.58. The topological polar surface area (TPSA) is 64.7 Å². The zero-order valence-corrected chi connectivity index (χ0v) is 19.0. The van der Waals surface area contributed by atoms with Gasteiger partial charge in [0.05, 0.1) is 10.9 Å². The van der Waals surface area contributed by atoms with Crippen LogP contribution >= 0.6 is 0 Å². The number of fused-ring (bicyclic) bond motifs is 1. The molecule has 0 unspecified atom stereocenters. The highest BCUT2D eigenvalue weighted by atomic mass is 19.4. The van der Waals surface area contributed by atoms with E-state index in [-0.39, 0.29) is 11.1 Å². The maximum atomic E-state index is 14.9. The summed E-state index contributed by atoms with van der Waals surface area (Å²) in [5.41, 5.74) is -2.43. The van der Waals surface area contributed by atoms with Crippen molar-refractivity contribution in [3.8, 4) is 11.3 Å². The molecule has 35 heavy (non-hydrogen) atoms. The van der Waals surface area contributed by atoms with Crippen molar-refractivity contribution in [3.05, 3.63) is 53.5 Å². The number of rotatable bonds is 4. The first-order valence-corrected chi connectivity index (χ1v) is 11.1. The number of aromatic nitrogens is 6.